The number of carbonyl (C=O) groups is 1. The zero-order valence-electron chi connectivity index (χ0n) is 15.6. The number of imidazole rings is 1. The number of nitrogens with two attached hydrogens (primary N) is 2. The van der Waals surface area contributed by atoms with Crippen molar-refractivity contribution >= 4 is 50.0 Å². The Morgan fingerprint density at radius 3 is 2.78 bits per heavy atom. The molecule has 0 radical (unpaired) electrons. The number of thiophene rings is 1. The van der Waals surface area contributed by atoms with E-state index in [4.69, 9.17) is 16.9 Å². The molecule has 0 bridgehead atoms. The third kappa shape index (κ3) is 3.25. The first-order valence-electron chi connectivity index (χ1n) is 8.70. The van der Waals surface area contributed by atoms with E-state index in [0.717, 1.165) is 26.4 Å². The quantitative estimate of drug-likeness (QED) is 0.561. The smallest absolute Gasteiger partial charge is 0.222 e. The topological polar surface area (TPSA) is 127 Å². The molecule has 9 heteroatoms. The Kier molecular flexibility index (Phi) is 5.13. The Morgan fingerprint density at radius 1 is 1.41 bits per heavy atom. The van der Waals surface area contributed by atoms with Crippen LogP contribution in [0.25, 0.3) is 21.3 Å². The summed E-state index contributed by atoms with van der Waals surface area (Å²) in [5.41, 5.74) is 14.1. The number of nitrogens with zero attached hydrogens (tertiary/aromatic N) is 4. The summed E-state index contributed by atoms with van der Waals surface area (Å²) >= 11 is 1.46. The van der Waals surface area contributed by atoms with E-state index in [-0.39, 0.29) is 5.91 Å². The Morgan fingerprint density at radius 2 is 2.15 bits per heavy atom. The third-order valence-corrected chi connectivity index (χ3v) is 5.66. The van der Waals surface area contributed by atoms with Gasteiger partial charge in [0.05, 0.1) is 32.9 Å². The summed E-state index contributed by atoms with van der Waals surface area (Å²) in [4.78, 5) is 23.7. The number of hydrogen-bond acceptors (Lipinski definition) is 7. The van der Waals surface area contributed by atoms with Crippen molar-refractivity contribution in [2.24, 2.45) is 12.8 Å². The molecule has 1 amide bonds. The van der Waals surface area contributed by atoms with E-state index in [1.54, 1.807) is 4.90 Å². The van der Waals surface area contributed by atoms with Gasteiger partial charge in [-0.3, -0.25) is 10.2 Å². The van der Waals surface area contributed by atoms with Crippen molar-refractivity contribution in [2.45, 2.75) is 26.8 Å². The van der Waals surface area contributed by atoms with Gasteiger partial charge in [0.1, 0.15) is 11.3 Å². The zero-order chi connectivity index (χ0) is 19.7. The molecule has 0 aromatic carbocycles. The molecule has 0 atom stereocenters. The van der Waals surface area contributed by atoms with Crippen LogP contribution in [0.3, 0.4) is 0 Å². The van der Waals surface area contributed by atoms with Crippen LogP contribution in [-0.2, 0) is 18.4 Å². The molecule has 0 saturated heterocycles. The molecule has 3 heterocycles. The molecule has 0 aliphatic carbocycles. The fourth-order valence-corrected chi connectivity index (χ4v) is 4.13. The van der Waals surface area contributed by atoms with Gasteiger partial charge in [-0.2, -0.15) is 0 Å². The van der Waals surface area contributed by atoms with E-state index in [1.165, 1.54) is 23.6 Å². The molecule has 3 aromatic heterocycles. The van der Waals surface area contributed by atoms with Crippen molar-refractivity contribution < 1.29 is 4.79 Å². The van der Waals surface area contributed by atoms with Crippen LogP contribution in [0.4, 0.5) is 5.82 Å². The summed E-state index contributed by atoms with van der Waals surface area (Å²) < 4.78 is 2.87. The third-order valence-electron chi connectivity index (χ3n) is 4.50. The van der Waals surface area contributed by atoms with E-state index in [0.29, 0.717) is 36.6 Å². The first kappa shape index (κ1) is 18.8. The van der Waals surface area contributed by atoms with E-state index in [9.17, 15) is 4.79 Å². The molecule has 0 unspecified atom stereocenters. The van der Waals surface area contributed by atoms with Gasteiger partial charge in [0.25, 0.3) is 0 Å². The summed E-state index contributed by atoms with van der Waals surface area (Å²) in [5, 5.41) is 8.09. The Balaban J connectivity index is 2.16. The van der Waals surface area contributed by atoms with Crippen LogP contribution < -0.4 is 11.5 Å². The normalized spacial score (nSPS) is 11.7. The Hall–Kier alpha value is -2.94. The van der Waals surface area contributed by atoms with Crippen LogP contribution in [0.15, 0.2) is 18.3 Å². The van der Waals surface area contributed by atoms with Crippen LogP contribution >= 0.6 is 11.3 Å². The molecule has 0 aliphatic rings. The maximum Gasteiger partial charge on any atom is 0.222 e. The fraction of sp³-hybridized carbons (Fsp3) is 0.333. The standard InChI is InChI=1S/C18H23N7OS/c1-4-14(26)25(5-2)9-13-23-15-16(24(13)3)17-11(22-18(15)21)8-12(27-17)10(20)6-7-19/h6-8,20H,4-5,9,19H2,1-3H3,(H2,21,22)/b7-6-,20-10?. The first-order chi connectivity index (χ1) is 12.9. The average molecular weight is 385 g/mol. The monoisotopic (exact) mass is 385 g/mol. The van der Waals surface area contributed by atoms with Gasteiger partial charge in [0.15, 0.2) is 5.82 Å². The van der Waals surface area contributed by atoms with Crippen molar-refractivity contribution in [3.05, 3.63) is 29.0 Å². The number of aryl methyl sites for hydroxylation is 1. The number of aromatic nitrogens is 3. The second-order valence-corrected chi connectivity index (χ2v) is 7.19. The highest BCUT2D eigenvalue weighted by molar-refractivity contribution is 7.21. The summed E-state index contributed by atoms with van der Waals surface area (Å²) in [7, 11) is 1.91. The highest BCUT2D eigenvalue weighted by Crippen LogP contribution is 2.34. The lowest BCUT2D eigenvalue weighted by molar-refractivity contribution is -0.131. The summed E-state index contributed by atoms with van der Waals surface area (Å²) in [6.45, 7) is 4.83. The molecule has 5 N–H and O–H groups in total. The van der Waals surface area contributed by atoms with Gasteiger partial charge in [-0.05, 0) is 25.3 Å². The zero-order valence-corrected chi connectivity index (χ0v) is 16.4. The van der Waals surface area contributed by atoms with E-state index >= 15 is 0 Å². The van der Waals surface area contributed by atoms with Crippen molar-refractivity contribution in [1.82, 2.24) is 19.4 Å². The molecule has 3 rings (SSSR count). The summed E-state index contributed by atoms with van der Waals surface area (Å²) in [6, 6.07) is 1.84. The molecule has 142 valence electrons. The molecular weight excluding hydrogens is 362 g/mol. The minimum Gasteiger partial charge on any atom is -0.405 e. The lowest BCUT2D eigenvalue weighted by atomic mass is 10.2. The number of anilines is 1. The minimum absolute atomic E-state index is 0.0845. The first-order valence-corrected chi connectivity index (χ1v) is 9.52. The maximum atomic E-state index is 12.1. The van der Waals surface area contributed by atoms with E-state index in [1.807, 2.05) is 31.5 Å². The fourth-order valence-electron chi connectivity index (χ4n) is 3.02. The molecule has 8 nitrogen and oxygen atoms in total. The molecule has 0 aliphatic heterocycles. The number of hydrogen-bond donors (Lipinski definition) is 3. The van der Waals surface area contributed by atoms with Crippen LogP contribution in [0.2, 0.25) is 0 Å². The minimum atomic E-state index is 0.0845. The number of fused-ring (bicyclic) bond motifs is 3. The predicted molar refractivity (Wildman–Crippen MR) is 110 cm³/mol. The molecule has 0 fully saturated rings. The Bertz CT molecular complexity index is 1060. The molecule has 0 saturated carbocycles. The van der Waals surface area contributed by atoms with Crippen LogP contribution in [0.1, 0.15) is 31.0 Å². The second kappa shape index (κ2) is 7.36. The van der Waals surface area contributed by atoms with Crippen molar-refractivity contribution in [2.75, 3.05) is 12.3 Å². The van der Waals surface area contributed by atoms with Crippen molar-refractivity contribution in [3.8, 4) is 0 Å². The number of nitrogens with one attached hydrogen (secondary N) is 1. The van der Waals surface area contributed by atoms with Gasteiger partial charge in [0.2, 0.25) is 5.91 Å². The Labute approximate surface area is 161 Å². The number of allylic oxidation sites excluding steroid dienone is 1. The number of nitrogen functional groups attached to an aromatic ring is 1. The van der Waals surface area contributed by atoms with Crippen LogP contribution in [0, 0.1) is 5.41 Å². The van der Waals surface area contributed by atoms with Gasteiger partial charge in [-0.15, -0.1) is 11.3 Å². The van der Waals surface area contributed by atoms with Gasteiger partial charge in [0, 0.05) is 20.0 Å². The summed E-state index contributed by atoms with van der Waals surface area (Å²) in [5.74, 6) is 1.18. The SMILES string of the molecule is CCC(=O)N(CC)Cc1nc2c(N)nc3cc(C(=N)/C=C\N)sc3c2n1C. The van der Waals surface area contributed by atoms with Gasteiger partial charge < -0.3 is 20.9 Å². The second-order valence-electron chi connectivity index (χ2n) is 6.14. The predicted octanol–water partition coefficient (Wildman–Crippen LogP) is 2.36. The number of carbonyl (C=O) groups excluding carboxylic acids is 1. The number of pyridine rings is 1. The lowest BCUT2D eigenvalue weighted by Crippen LogP contribution is -2.30. The van der Waals surface area contributed by atoms with E-state index < -0.39 is 0 Å². The van der Waals surface area contributed by atoms with Crippen LogP contribution in [0.5, 0.6) is 0 Å². The molecule has 0 spiro atoms. The average Bonchev–Trinajstić information content (AvgIpc) is 3.21. The van der Waals surface area contributed by atoms with Crippen LogP contribution in [-0.4, -0.2) is 37.6 Å². The number of rotatable bonds is 6. The maximum absolute atomic E-state index is 12.1. The lowest BCUT2D eigenvalue weighted by Gasteiger charge is -2.19. The molecule has 27 heavy (non-hydrogen) atoms. The highest BCUT2D eigenvalue weighted by atomic mass is 32.1. The summed E-state index contributed by atoms with van der Waals surface area (Å²) in [6.07, 6.45) is 3.34. The number of amides is 1. The van der Waals surface area contributed by atoms with Crippen molar-refractivity contribution in [3.63, 3.8) is 0 Å². The van der Waals surface area contributed by atoms with Gasteiger partial charge in [-0.1, -0.05) is 6.92 Å². The molecule has 3 aromatic rings. The largest absolute Gasteiger partial charge is 0.405 e. The highest BCUT2D eigenvalue weighted by Gasteiger charge is 2.20. The molecular formula is C18H23N7OS. The van der Waals surface area contributed by atoms with Crippen molar-refractivity contribution in [1.29, 1.82) is 5.41 Å². The van der Waals surface area contributed by atoms with Gasteiger partial charge in [-0.25, -0.2) is 9.97 Å². The van der Waals surface area contributed by atoms with E-state index in [2.05, 4.69) is 9.97 Å². The van der Waals surface area contributed by atoms with Gasteiger partial charge >= 0.3 is 0 Å².